The van der Waals surface area contributed by atoms with Crippen LogP contribution in [0.2, 0.25) is 0 Å². The van der Waals surface area contributed by atoms with E-state index in [1.54, 1.807) is 18.4 Å². The molecular formula is C11H17NO3S. The Morgan fingerprint density at radius 1 is 1.50 bits per heavy atom. The molecule has 1 atom stereocenters. The van der Waals surface area contributed by atoms with Crippen LogP contribution in [0.1, 0.15) is 5.56 Å². The molecule has 0 aliphatic heterocycles. The van der Waals surface area contributed by atoms with Gasteiger partial charge in [-0.2, -0.15) is 0 Å². The maximum Gasteiger partial charge on any atom is 0.160 e. The molecule has 0 heterocycles. The maximum absolute atomic E-state index is 10.8. The molecule has 1 rings (SSSR count). The van der Waals surface area contributed by atoms with Crippen molar-refractivity contribution < 1.29 is 14.1 Å². The molecule has 0 saturated carbocycles. The van der Waals surface area contributed by atoms with E-state index in [0.29, 0.717) is 24.6 Å². The summed E-state index contributed by atoms with van der Waals surface area (Å²) in [5.74, 6) is 1.26. The van der Waals surface area contributed by atoms with Crippen molar-refractivity contribution in [2.24, 2.45) is 0 Å². The largest absolute Gasteiger partial charge is 0.504 e. The average Bonchev–Trinajstić information content (AvgIpc) is 2.26. The summed E-state index contributed by atoms with van der Waals surface area (Å²) in [6, 6.07) is 5.22. The molecule has 0 saturated heterocycles. The van der Waals surface area contributed by atoms with Gasteiger partial charge >= 0.3 is 0 Å². The SMILES string of the molecule is COc1cc(CNCCS(C)=O)ccc1O. The summed E-state index contributed by atoms with van der Waals surface area (Å²) in [5.41, 5.74) is 1.02. The minimum Gasteiger partial charge on any atom is -0.504 e. The Labute approximate surface area is 98.1 Å². The molecule has 5 heteroatoms. The highest BCUT2D eigenvalue weighted by atomic mass is 32.2. The van der Waals surface area contributed by atoms with Gasteiger partial charge in [-0.3, -0.25) is 4.21 Å². The topological polar surface area (TPSA) is 58.6 Å². The van der Waals surface area contributed by atoms with Crippen LogP contribution in [0.5, 0.6) is 11.5 Å². The van der Waals surface area contributed by atoms with Gasteiger partial charge in [0.2, 0.25) is 0 Å². The van der Waals surface area contributed by atoms with Crippen molar-refractivity contribution in [3.63, 3.8) is 0 Å². The Morgan fingerprint density at radius 2 is 2.25 bits per heavy atom. The first-order valence-electron chi connectivity index (χ1n) is 5.00. The number of hydrogen-bond donors (Lipinski definition) is 2. The molecule has 4 nitrogen and oxygen atoms in total. The van der Waals surface area contributed by atoms with Gasteiger partial charge in [0.1, 0.15) is 0 Å². The van der Waals surface area contributed by atoms with E-state index in [1.165, 1.54) is 7.11 Å². The minimum atomic E-state index is -0.760. The highest BCUT2D eigenvalue weighted by Crippen LogP contribution is 2.25. The summed E-state index contributed by atoms with van der Waals surface area (Å²) < 4.78 is 15.8. The Kier molecular flexibility index (Phi) is 5.28. The normalized spacial score (nSPS) is 12.4. The van der Waals surface area contributed by atoms with Crippen molar-refractivity contribution in [1.29, 1.82) is 0 Å². The lowest BCUT2D eigenvalue weighted by molar-refractivity contribution is 0.373. The number of phenols is 1. The van der Waals surface area contributed by atoms with Crippen molar-refractivity contribution in [1.82, 2.24) is 5.32 Å². The molecule has 0 aromatic heterocycles. The minimum absolute atomic E-state index is 0.140. The van der Waals surface area contributed by atoms with E-state index >= 15 is 0 Å². The second-order valence-corrected chi connectivity index (χ2v) is 5.01. The van der Waals surface area contributed by atoms with Crippen molar-refractivity contribution in [3.05, 3.63) is 23.8 Å². The van der Waals surface area contributed by atoms with E-state index in [9.17, 15) is 9.32 Å². The molecule has 16 heavy (non-hydrogen) atoms. The van der Waals surface area contributed by atoms with Crippen LogP contribution in [0, 0.1) is 0 Å². The third kappa shape index (κ3) is 4.20. The first kappa shape index (κ1) is 13.0. The molecule has 0 fully saturated rings. The fourth-order valence-electron chi connectivity index (χ4n) is 1.28. The maximum atomic E-state index is 10.8. The number of methoxy groups -OCH3 is 1. The monoisotopic (exact) mass is 243 g/mol. The van der Waals surface area contributed by atoms with Crippen LogP contribution in [-0.2, 0) is 17.3 Å². The fraction of sp³-hybridized carbons (Fsp3) is 0.455. The lowest BCUT2D eigenvalue weighted by atomic mass is 10.2. The molecule has 0 spiro atoms. The molecule has 0 bridgehead atoms. The molecule has 1 unspecified atom stereocenters. The van der Waals surface area contributed by atoms with Crippen LogP contribution < -0.4 is 10.1 Å². The van der Waals surface area contributed by atoms with Gasteiger partial charge in [0.05, 0.1) is 7.11 Å². The number of phenolic OH excluding ortho intramolecular Hbond substituents is 1. The Hall–Kier alpha value is -1.07. The number of benzene rings is 1. The van der Waals surface area contributed by atoms with Crippen LogP contribution in [-0.4, -0.2) is 35.0 Å². The van der Waals surface area contributed by atoms with Gasteiger partial charge in [0, 0.05) is 35.9 Å². The zero-order valence-corrected chi connectivity index (χ0v) is 10.3. The van der Waals surface area contributed by atoms with Gasteiger partial charge in [0.15, 0.2) is 11.5 Å². The standard InChI is InChI=1S/C11H17NO3S/c1-15-11-7-9(3-4-10(11)13)8-12-5-6-16(2)14/h3-4,7,12-13H,5-6,8H2,1-2H3. The number of nitrogens with one attached hydrogen (secondary N) is 1. The highest BCUT2D eigenvalue weighted by Gasteiger charge is 2.02. The first-order valence-corrected chi connectivity index (χ1v) is 6.73. The van der Waals surface area contributed by atoms with Crippen LogP contribution in [0.25, 0.3) is 0 Å². The van der Waals surface area contributed by atoms with Crippen LogP contribution in [0.15, 0.2) is 18.2 Å². The Bertz CT molecular complexity index is 368. The van der Waals surface area contributed by atoms with Gasteiger partial charge in [-0.05, 0) is 17.7 Å². The van der Waals surface area contributed by atoms with Gasteiger partial charge in [-0.1, -0.05) is 6.07 Å². The van der Waals surface area contributed by atoms with Crippen LogP contribution in [0.4, 0.5) is 0 Å². The molecule has 2 N–H and O–H groups in total. The van der Waals surface area contributed by atoms with E-state index in [2.05, 4.69) is 5.32 Å². The lowest BCUT2D eigenvalue weighted by Crippen LogP contribution is -2.19. The van der Waals surface area contributed by atoms with Gasteiger partial charge in [-0.25, -0.2) is 0 Å². The predicted octanol–water partition coefficient (Wildman–Crippen LogP) is 0.869. The Balaban J connectivity index is 2.45. The van der Waals surface area contributed by atoms with Crippen molar-refractivity contribution in [2.45, 2.75) is 6.54 Å². The van der Waals surface area contributed by atoms with E-state index in [-0.39, 0.29) is 5.75 Å². The summed E-state index contributed by atoms with van der Waals surface area (Å²) in [6.07, 6.45) is 1.69. The predicted molar refractivity (Wildman–Crippen MR) is 65.3 cm³/mol. The van der Waals surface area contributed by atoms with Crippen molar-refractivity contribution in [2.75, 3.05) is 25.7 Å². The van der Waals surface area contributed by atoms with Gasteiger partial charge in [-0.15, -0.1) is 0 Å². The summed E-state index contributed by atoms with van der Waals surface area (Å²) in [5, 5.41) is 12.6. The van der Waals surface area contributed by atoms with E-state index in [0.717, 1.165) is 5.56 Å². The third-order valence-corrected chi connectivity index (χ3v) is 2.92. The zero-order valence-electron chi connectivity index (χ0n) is 9.53. The lowest BCUT2D eigenvalue weighted by Gasteiger charge is -2.07. The van der Waals surface area contributed by atoms with Crippen LogP contribution in [0.3, 0.4) is 0 Å². The van der Waals surface area contributed by atoms with Crippen LogP contribution >= 0.6 is 0 Å². The molecule has 0 radical (unpaired) electrons. The van der Waals surface area contributed by atoms with Crippen molar-refractivity contribution >= 4 is 10.8 Å². The summed E-state index contributed by atoms with van der Waals surface area (Å²) in [4.78, 5) is 0. The van der Waals surface area contributed by atoms with Gasteiger partial charge < -0.3 is 15.2 Å². The molecule has 0 amide bonds. The second kappa shape index (κ2) is 6.50. The molecule has 0 aliphatic rings. The van der Waals surface area contributed by atoms with E-state index in [4.69, 9.17) is 4.74 Å². The zero-order chi connectivity index (χ0) is 12.0. The van der Waals surface area contributed by atoms with E-state index < -0.39 is 10.8 Å². The highest BCUT2D eigenvalue weighted by molar-refractivity contribution is 7.84. The van der Waals surface area contributed by atoms with Crippen molar-refractivity contribution in [3.8, 4) is 11.5 Å². The number of aromatic hydroxyl groups is 1. The Morgan fingerprint density at radius 3 is 2.88 bits per heavy atom. The molecule has 0 aliphatic carbocycles. The van der Waals surface area contributed by atoms with E-state index in [1.807, 2.05) is 6.07 Å². The molecule has 1 aromatic rings. The molecule has 90 valence electrons. The number of rotatable bonds is 6. The molecular weight excluding hydrogens is 226 g/mol. The fourth-order valence-corrected chi connectivity index (χ4v) is 1.71. The first-order chi connectivity index (χ1) is 7.63. The smallest absolute Gasteiger partial charge is 0.160 e. The third-order valence-electron chi connectivity index (χ3n) is 2.14. The molecule has 1 aromatic carbocycles. The second-order valence-electron chi connectivity index (χ2n) is 3.46. The average molecular weight is 243 g/mol. The summed E-state index contributed by atoms with van der Waals surface area (Å²) in [6.45, 7) is 1.39. The summed E-state index contributed by atoms with van der Waals surface area (Å²) >= 11 is 0. The summed E-state index contributed by atoms with van der Waals surface area (Å²) in [7, 11) is 0.760. The number of ether oxygens (including phenoxy) is 1. The van der Waals surface area contributed by atoms with Gasteiger partial charge in [0.25, 0.3) is 0 Å². The quantitative estimate of drug-likeness (QED) is 0.728. The number of hydrogen-bond acceptors (Lipinski definition) is 4.